The minimum Gasteiger partial charge on any atom is -0.352 e. The largest absolute Gasteiger partial charge is 0.352 e. The number of amides is 3. The van der Waals surface area contributed by atoms with E-state index >= 15 is 0 Å². The van der Waals surface area contributed by atoms with Gasteiger partial charge in [0.15, 0.2) is 0 Å². The van der Waals surface area contributed by atoms with Gasteiger partial charge >= 0.3 is 0 Å². The molecule has 0 fully saturated rings. The molecule has 0 aromatic heterocycles. The average Bonchev–Trinajstić information content (AvgIpc) is 2.73. The van der Waals surface area contributed by atoms with E-state index in [-0.39, 0.29) is 17.7 Å². The average molecular weight is 375 g/mol. The minimum absolute atomic E-state index is 0.113. The first kappa shape index (κ1) is 18.0. The lowest BCUT2D eigenvalue weighted by Gasteiger charge is -2.29. The first-order chi connectivity index (χ1) is 13.6. The number of carbonyl (C=O) groups is 3. The zero-order chi connectivity index (χ0) is 19.7. The molecule has 0 bridgehead atoms. The van der Waals surface area contributed by atoms with Gasteiger partial charge in [-0.3, -0.25) is 14.4 Å². The van der Waals surface area contributed by atoms with E-state index in [2.05, 4.69) is 17.2 Å². The van der Waals surface area contributed by atoms with Crippen molar-refractivity contribution in [1.82, 2.24) is 5.32 Å². The lowest BCUT2D eigenvalue weighted by molar-refractivity contribution is -0.114. The monoisotopic (exact) mass is 375 g/mol. The number of fused-ring (bicyclic) bond motifs is 2. The van der Waals surface area contributed by atoms with Gasteiger partial charge < -0.3 is 15.5 Å². The van der Waals surface area contributed by atoms with Crippen molar-refractivity contribution in [3.05, 3.63) is 71.3 Å². The molecule has 0 atom stereocenters. The molecule has 0 aliphatic carbocycles. The van der Waals surface area contributed by atoms with E-state index in [4.69, 9.17) is 0 Å². The van der Waals surface area contributed by atoms with Crippen LogP contribution in [0.3, 0.4) is 0 Å². The van der Waals surface area contributed by atoms with Crippen molar-refractivity contribution in [2.24, 2.45) is 0 Å². The maximum atomic E-state index is 12.7. The molecule has 4 rings (SSSR count). The van der Waals surface area contributed by atoms with Crippen LogP contribution in [0.4, 0.5) is 11.4 Å². The van der Waals surface area contributed by atoms with Gasteiger partial charge in [-0.2, -0.15) is 0 Å². The van der Waals surface area contributed by atoms with Crippen LogP contribution in [0.15, 0.2) is 49.1 Å². The van der Waals surface area contributed by atoms with Crippen LogP contribution in [0, 0.1) is 0 Å². The van der Waals surface area contributed by atoms with E-state index in [1.807, 2.05) is 24.3 Å². The summed E-state index contributed by atoms with van der Waals surface area (Å²) >= 11 is 0. The molecule has 0 spiro atoms. The van der Waals surface area contributed by atoms with Crippen LogP contribution in [-0.2, 0) is 17.6 Å². The Morgan fingerprint density at radius 1 is 1.11 bits per heavy atom. The molecule has 0 unspecified atom stereocenters. The van der Waals surface area contributed by atoms with Crippen molar-refractivity contribution < 1.29 is 14.4 Å². The minimum atomic E-state index is -0.244. The van der Waals surface area contributed by atoms with E-state index in [0.717, 1.165) is 36.1 Å². The molecule has 2 aromatic carbocycles. The van der Waals surface area contributed by atoms with E-state index in [0.29, 0.717) is 29.9 Å². The Labute approximate surface area is 163 Å². The number of rotatable bonds is 3. The second-order valence-corrected chi connectivity index (χ2v) is 6.97. The smallest absolute Gasteiger partial charge is 0.255 e. The van der Waals surface area contributed by atoms with Crippen LogP contribution in [0.1, 0.15) is 38.3 Å². The quantitative estimate of drug-likeness (QED) is 0.810. The second-order valence-electron chi connectivity index (χ2n) is 6.97. The predicted molar refractivity (Wildman–Crippen MR) is 108 cm³/mol. The molecule has 2 aliphatic rings. The Balaban J connectivity index is 1.56. The summed E-state index contributed by atoms with van der Waals surface area (Å²) in [6, 6.07) is 10.8. The van der Waals surface area contributed by atoms with Gasteiger partial charge in [-0.05, 0) is 66.8 Å². The van der Waals surface area contributed by atoms with Gasteiger partial charge in [0.1, 0.15) is 0 Å². The van der Waals surface area contributed by atoms with E-state index in [9.17, 15) is 14.4 Å². The second kappa shape index (κ2) is 7.31. The van der Waals surface area contributed by atoms with Crippen molar-refractivity contribution >= 4 is 29.1 Å². The van der Waals surface area contributed by atoms with Crippen molar-refractivity contribution in [3.63, 3.8) is 0 Å². The summed E-state index contributed by atoms with van der Waals surface area (Å²) in [5, 5.41) is 5.68. The van der Waals surface area contributed by atoms with Gasteiger partial charge in [0.05, 0.1) is 0 Å². The van der Waals surface area contributed by atoms with Crippen molar-refractivity contribution in [1.29, 1.82) is 0 Å². The molecule has 0 radical (unpaired) electrons. The summed E-state index contributed by atoms with van der Waals surface area (Å²) in [7, 11) is 0. The first-order valence-electron chi connectivity index (χ1n) is 9.36. The maximum Gasteiger partial charge on any atom is 0.255 e. The predicted octanol–water partition coefficient (Wildman–Crippen LogP) is 2.69. The van der Waals surface area contributed by atoms with E-state index in [1.165, 1.54) is 6.08 Å². The van der Waals surface area contributed by atoms with Gasteiger partial charge in [-0.15, -0.1) is 0 Å². The third-order valence-corrected chi connectivity index (χ3v) is 5.19. The molecular weight excluding hydrogens is 354 g/mol. The zero-order valence-electron chi connectivity index (χ0n) is 15.5. The molecule has 28 heavy (non-hydrogen) atoms. The lowest BCUT2D eigenvalue weighted by Crippen LogP contribution is -2.34. The van der Waals surface area contributed by atoms with Crippen LogP contribution in [0.5, 0.6) is 0 Å². The number of hydrogen-bond acceptors (Lipinski definition) is 3. The van der Waals surface area contributed by atoms with Crippen molar-refractivity contribution in [2.45, 2.75) is 19.3 Å². The molecule has 0 saturated heterocycles. The van der Waals surface area contributed by atoms with Gasteiger partial charge in [0, 0.05) is 35.6 Å². The topological polar surface area (TPSA) is 78.5 Å². The molecule has 142 valence electrons. The van der Waals surface area contributed by atoms with Crippen LogP contribution in [0.2, 0.25) is 0 Å². The zero-order valence-corrected chi connectivity index (χ0v) is 15.5. The van der Waals surface area contributed by atoms with Crippen LogP contribution >= 0.6 is 0 Å². The number of benzene rings is 2. The number of aryl methyl sites for hydroxylation is 1. The van der Waals surface area contributed by atoms with Gasteiger partial charge in [0.2, 0.25) is 5.91 Å². The third-order valence-electron chi connectivity index (χ3n) is 5.19. The number of hydrogen-bond donors (Lipinski definition) is 2. The summed E-state index contributed by atoms with van der Waals surface area (Å²) in [4.78, 5) is 38.4. The molecule has 3 amide bonds. The molecule has 6 heteroatoms. The fraction of sp³-hybridized carbons (Fsp3) is 0.227. The standard InChI is InChI=1S/C22H21N3O3/c1-2-20(26)25-11-3-4-15-12-16(6-8-19(15)25)21(27)24-17-7-5-14-9-10-23-22(28)18(14)13-17/h2,5-8,12-13H,1,3-4,9-11H2,(H,23,28)(H,24,27). The molecule has 0 saturated carbocycles. The highest BCUT2D eigenvalue weighted by atomic mass is 16.2. The van der Waals surface area contributed by atoms with Gasteiger partial charge in [-0.1, -0.05) is 12.6 Å². The highest BCUT2D eigenvalue weighted by Gasteiger charge is 2.22. The summed E-state index contributed by atoms with van der Waals surface area (Å²) in [6.07, 6.45) is 3.76. The molecular formula is C22H21N3O3. The van der Waals surface area contributed by atoms with Crippen LogP contribution < -0.4 is 15.5 Å². The SMILES string of the molecule is C=CC(=O)N1CCCc2cc(C(=O)Nc3ccc4c(c3)C(=O)NCC4)ccc21. The van der Waals surface area contributed by atoms with Crippen LogP contribution in [-0.4, -0.2) is 30.8 Å². The normalized spacial score (nSPS) is 15.1. The van der Waals surface area contributed by atoms with Crippen LogP contribution in [0.25, 0.3) is 0 Å². The molecule has 2 aromatic rings. The molecule has 2 heterocycles. The Hall–Kier alpha value is -3.41. The van der Waals surface area contributed by atoms with E-state index < -0.39 is 0 Å². The Kier molecular flexibility index (Phi) is 4.69. The third kappa shape index (κ3) is 3.29. The number of nitrogens with one attached hydrogen (secondary N) is 2. The first-order valence-corrected chi connectivity index (χ1v) is 9.36. The van der Waals surface area contributed by atoms with Crippen molar-refractivity contribution in [2.75, 3.05) is 23.3 Å². The fourth-order valence-corrected chi connectivity index (χ4v) is 3.77. The van der Waals surface area contributed by atoms with Gasteiger partial charge in [-0.25, -0.2) is 0 Å². The summed E-state index contributed by atoms with van der Waals surface area (Å²) in [5.41, 5.74) is 4.50. The highest BCUT2D eigenvalue weighted by Crippen LogP contribution is 2.29. The summed E-state index contributed by atoms with van der Waals surface area (Å²) < 4.78 is 0. The lowest BCUT2D eigenvalue weighted by atomic mass is 9.98. The summed E-state index contributed by atoms with van der Waals surface area (Å²) in [6.45, 7) is 4.84. The number of nitrogens with zero attached hydrogens (tertiary/aromatic N) is 1. The fourth-order valence-electron chi connectivity index (χ4n) is 3.77. The van der Waals surface area contributed by atoms with Gasteiger partial charge in [0.25, 0.3) is 11.8 Å². The van der Waals surface area contributed by atoms with Crippen molar-refractivity contribution in [3.8, 4) is 0 Å². The Bertz CT molecular complexity index is 997. The Morgan fingerprint density at radius 2 is 1.96 bits per heavy atom. The summed E-state index contributed by atoms with van der Waals surface area (Å²) in [5.74, 6) is -0.491. The van der Waals surface area contributed by atoms with E-state index in [1.54, 1.807) is 17.0 Å². The Morgan fingerprint density at radius 3 is 2.79 bits per heavy atom. The maximum absolute atomic E-state index is 12.7. The number of carbonyl (C=O) groups excluding carboxylic acids is 3. The molecule has 2 N–H and O–H groups in total. The number of anilines is 2. The molecule has 2 aliphatic heterocycles. The molecule has 6 nitrogen and oxygen atoms in total. The highest BCUT2D eigenvalue weighted by molar-refractivity contribution is 6.07.